The van der Waals surface area contributed by atoms with Crippen molar-refractivity contribution in [2.24, 2.45) is 0 Å². The predicted molar refractivity (Wildman–Crippen MR) is 149 cm³/mol. The first kappa shape index (κ1) is 25.7. The Balaban J connectivity index is 1.57. The lowest BCUT2D eigenvalue weighted by atomic mass is 10.1. The number of hydrogen-bond acceptors (Lipinski definition) is 7. The number of carbonyl (C=O) groups excluding carboxylic acids is 3. The number of para-hydroxylation sites is 2. The van der Waals surface area contributed by atoms with Crippen LogP contribution < -0.4 is 15.0 Å². The van der Waals surface area contributed by atoms with Crippen molar-refractivity contribution in [1.29, 1.82) is 0 Å². The molecule has 0 atom stereocenters. The number of nitrogens with zero attached hydrogens (tertiary/aromatic N) is 5. The lowest BCUT2D eigenvalue weighted by Crippen LogP contribution is -2.29. The number of amides is 2. The minimum atomic E-state index is -0.757. The van der Waals surface area contributed by atoms with Crippen LogP contribution in [-0.2, 0) is 11.3 Å². The molecular weight excluding hydrogens is 564 g/mol. The number of imidazole rings is 1. The van der Waals surface area contributed by atoms with E-state index in [2.05, 4.69) is 36.2 Å². The van der Waals surface area contributed by atoms with Crippen LogP contribution in [0.1, 0.15) is 17.3 Å². The van der Waals surface area contributed by atoms with Gasteiger partial charge in [-0.1, -0.05) is 66.7 Å². The van der Waals surface area contributed by atoms with Crippen molar-refractivity contribution in [3.63, 3.8) is 0 Å². The van der Waals surface area contributed by atoms with E-state index in [9.17, 15) is 14.4 Å². The molecule has 0 unspecified atom stereocenters. The molecule has 10 nitrogen and oxygen atoms in total. The van der Waals surface area contributed by atoms with Gasteiger partial charge < -0.3 is 4.74 Å². The number of carbonyl (C=O) groups is 3. The van der Waals surface area contributed by atoms with Crippen molar-refractivity contribution in [2.75, 3.05) is 10.2 Å². The van der Waals surface area contributed by atoms with Gasteiger partial charge in [-0.2, -0.15) is 9.97 Å². The summed E-state index contributed by atoms with van der Waals surface area (Å²) in [4.78, 5) is 52.8. The normalized spacial score (nSPS) is 10.7. The molecule has 0 radical (unpaired) electrons. The first-order chi connectivity index (χ1) is 18.9. The van der Waals surface area contributed by atoms with Gasteiger partial charge >= 0.3 is 6.09 Å². The van der Waals surface area contributed by atoms with Crippen LogP contribution in [0.2, 0.25) is 0 Å². The summed E-state index contributed by atoms with van der Waals surface area (Å²) in [7, 11) is 0. The van der Waals surface area contributed by atoms with Crippen molar-refractivity contribution >= 4 is 62.2 Å². The standard InChI is InChI=1S/C28H21BrN6O4/c1-18(36)30-27-32-24-23(31-26(29)34(24)17-22(37)19-11-5-2-6-12-19)25(33-27)39-28(38)35(20-13-7-3-8-14-20)21-15-9-4-10-16-21/h2-16H,17H2,1H3,(H,30,32,33,36). The highest BCUT2D eigenvalue weighted by Gasteiger charge is 2.26. The Morgan fingerprint density at radius 2 is 1.41 bits per heavy atom. The maximum Gasteiger partial charge on any atom is 0.425 e. The smallest absolute Gasteiger partial charge is 0.388 e. The summed E-state index contributed by atoms with van der Waals surface area (Å²) < 4.78 is 7.57. The highest BCUT2D eigenvalue weighted by molar-refractivity contribution is 9.10. The number of anilines is 3. The van der Waals surface area contributed by atoms with Crippen LogP contribution in [0.5, 0.6) is 5.88 Å². The molecule has 0 aliphatic rings. The zero-order valence-electron chi connectivity index (χ0n) is 20.6. The van der Waals surface area contributed by atoms with Crippen molar-refractivity contribution in [1.82, 2.24) is 19.5 Å². The van der Waals surface area contributed by atoms with E-state index in [-0.39, 0.29) is 40.1 Å². The van der Waals surface area contributed by atoms with E-state index in [1.165, 1.54) is 16.4 Å². The summed E-state index contributed by atoms with van der Waals surface area (Å²) in [5, 5.41) is 2.52. The maximum absolute atomic E-state index is 13.6. The summed E-state index contributed by atoms with van der Waals surface area (Å²) in [5.41, 5.74) is 1.97. The Labute approximate surface area is 231 Å². The third-order valence-electron chi connectivity index (χ3n) is 5.60. The first-order valence-electron chi connectivity index (χ1n) is 11.8. The second kappa shape index (κ2) is 11.2. The number of aromatic nitrogens is 4. The second-order valence-corrected chi connectivity index (χ2v) is 9.05. The van der Waals surface area contributed by atoms with Crippen LogP contribution >= 0.6 is 15.9 Å². The Morgan fingerprint density at radius 1 is 0.846 bits per heavy atom. The number of hydrogen-bond donors (Lipinski definition) is 1. The molecule has 2 amide bonds. The minimum Gasteiger partial charge on any atom is -0.388 e. The van der Waals surface area contributed by atoms with Crippen molar-refractivity contribution in [2.45, 2.75) is 13.5 Å². The quantitative estimate of drug-likeness (QED) is 0.190. The summed E-state index contributed by atoms with van der Waals surface area (Å²) in [6.45, 7) is 1.20. The average molecular weight is 585 g/mol. The molecule has 0 fully saturated rings. The second-order valence-electron chi connectivity index (χ2n) is 8.34. The summed E-state index contributed by atoms with van der Waals surface area (Å²) in [6, 6.07) is 26.8. The third kappa shape index (κ3) is 5.68. The number of fused-ring (bicyclic) bond motifs is 1. The molecule has 0 spiro atoms. The fourth-order valence-corrected chi connectivity index (χ4v) is 4.35. The average Bonchev–Trinajstić information content (AvgIpc) is 3.25. The summed E-state index contributed by atoms with van der Waals surface area (Å²) in [6.07, 6.45) is -0.757. The van der Waals surface area contributed by atoms with E-state index in [1.54, 1.807) is 72.8 Å². The molecule has 0 saturated heterocycles. The zero-order chi connectivity index (χ0) is 27.4. The van der Waals surface area contributed by atoms with Crippen molar-refractivity contribution in [3.05, 3.63) is 101 Å². The number of ketones is 1. The molecule has 3 aromatic carbocycles. The van der Waals surface area contributed by atoms with Gasteiger partial charge in [0.05, 0.1) is 17.9 Å². The molecule has 5 rings (SSSR count). The lowest BCUT2D eigenvalue weighted by molar-refractivity contribution is -0.114. The number of nitrogens with one attached hydrogen (secondary N) is 1. The van der Waals surface area contributed by atoms with Crippen molar-refractivity contribution < 1.29 is 19.1 Å². The predicted octanol–water partition coefficient (Wildman–Crippen LogP) is 5.77. The Kier molecular flexibility index (Phi) is 7.41. The fourth-order valence-electron chi connectivity index (χ4n) is 3.87. The van der Waals surface area contributed by atoms with Gasteiger partial charge in [-0.05, 0) is 40.2 Å². The number of Topliss-reactive ketones (excluding diaryl/α,β-unsaturated/α-hetero) is 1. The molecule has 0 bridgehead atoms. The molecule has 2 aromatic heterocycles. The first-order valence-corrected chi connectivity index (χ1v) is 12.6. The molecule has 1 N–H and O–H groups in total. The van der Waals surface area contributed by atoms with E-state index in [0.29, 0.717) is 16.9 Å². The molecule has 11 heteroatoms. The molecule has 194 valence electrons. The van der Waals surface area contributed by atoms with Gasteiger partial charge in [0, 0.05) is 12.5 Å². The number of ether oxygens (including phenoxy) is 1. The fraction of sp³-hybridized carbons (Fsp3) is 0.0714. The molecule has 5 aromatic rings. The highest BCUT2D eigenvalue weighted by Crippen LogP contribution is 2.31. The number of benzene rings is 3. The van der Waals surface area contributed by atoms with Gasteiger partial charge in [0.2, 0.25) is 11.9 Å². The Hall–Kier alpha value is -4.90. The lowest BCUT2D eigenvalue weighted by Gasteiger charge is -2.22. The molecule has 39 heavy (non-hydrogen) atoms. The SMILES string of the molecule is CC(=O)Nc1nc(OC(=O)N(c2ccccc2)c2ccccc2)c2nc(Br)n(CC(=O)c3ccccc3)c2n1. The van der Waals surface area contributed by atoms with E-state index >= 15 is 0 Å². The molecule has 2 heterocycles. The van der Waals surface area contributed by atoms with Crippen LogP contribution in [0.4, 0.5) is 22.1 Å². The van der Waals surface area contributed by atoms with Gasteiger partial charge in [-0.3, -0.25) is 19.5 Å². The van der Waals surface area contributed by atoms with Crippen LogP contribution in [0.25, 0.3) is 11.2 Å². The Morgan fingerprint density at radius 3 is 1.97 bits per heavy atom. The van der Waals surface area contributed by atoms with Crippen LogP contribution in [0, 0.1) is 0 Å². The van der Waals surface area contributed by atoms with Crippen molar-refractivity contribution in [3.8, 4) is 5.88 Å². The molecule has 0 aliphatic carbocycles. The molecule has 0 saturated carbocycles. The van der Waals surface area contributed by atoms with Gasteiger partial charge in [-0.15, -0.1) is 0 Å². The van der Waals surface area contributed by atoms with Crippen LogP contribution in [0.3, 0.4) is 0 Å². The minimum absolute atomic E-state index is 0.106. The molecular formula is C28H21BrN6O4. The number of rotatable bonds is 7. The summed E-state index contributed by atoms with van der Waals surface area (Å²) in [5.74, 6) is -0.901. The van der Waals surface area contributed by atoms with Crippen LogP contribution in [-0.4, -0.2) is 37.3 Å². The summed E-state index contributed by atoms with van der Waals surface area (Å²) >= 11 is 3.38. The van der Waals surface area contributed by atoms with Gasteiger partial charge in [-0.25, -0.2) is 14.7 Å². The zero-order valence-corrected chi connectivity index (χ0v) is 22.2. The van der Waals surface area contributed by atoms with Crippen LogP contribution in [0.15, 0.2) is 95.7 Å². The van der Waals surface area contributed by atoms with Gasteiger partial charge in [0.15, 0.2) is 21.7 Å². The topological polar surface area (TPSA) is 119 Å². The van der Waals surface area contributed by atoms with E-state index in [0.717, 1.165) is 0 Å². The third-order valence-corrected chi connectivity index (χ3v) is 6.20. The maximum atomic E-state index is 13.6. The molecule has 0 aliphatic heterocycles. The van der Waals surface area contributed by atoms with E-state index in [1.807, 2.05) is 18.2 Å². The van der Waals surface area contributed by atoms with E-state index in [4.69, 9.17) is 4.74 Å². The van der Waals surface area contributed by atoms with E-state index < -0.39 is 12.0 Å². The monoisotopic (exact) mass is 584 g/mol. The Bertz CT molecular complexity index is 1620. The number of halogens is 1. The largest absolute Gasteiger partial charge is 0.425 e. The van der Waals surface area contributed by atoms with Gasteiger partial charge in [0.1, 0.15) is 0 Å². The van der Waals surface area contributed by atoms with Gasteiger partial charge in [0.25, 0.3) is 5.88 Å². The highest BCUT2D eigenvalue weighted by atomic mass is 79.9.